The maximum Gasteiger partial charge on any atom is 0.317 e. The molecule has 1 N–H and O–H groups in total. The van der Waals surface area contributed by atoms with Gasteiger partial charge in [-0.25, -0.2) is 4.79 Å². The predicted molar refractivity (Wildman–Crippen MR) is 75.5 cm³/mol. The molecule has 0 aromatic carbocycles. The second-order valence-corrected chi connectivity index (χ2v) is 5.31. The number of carbonyl (C=O) groups is 1. The van der Waals surface area contributed by atoms with E-state index in [9.17, 15) is 4.79 Å². The molecule has 0 unspecified atom stereocenters. The highest BCUT2D eigenvalue weighted by molar-refractivity contribution is 5.74. The first kappa shape index (κ1) is 14.9. The molecule has 2 amide bonds. The van der Waals surface area contributed by atoms with E-state index in [0.717, 1.165) is 5.76 Å². The van der Waals surface area contributed by atoms with E-state index < -0.39 is 0 Å². The molecule has 1 fully saturated rings. The van der Waals surface area contributed by atoms with Crippen LogP contribution < -0.4 is 5.32 Å². The molecule has 1 aliphatic rings. The van der Waals surface area contributed by atoms with Crippen molar-refractivity contribution in [2.24, 2.45) is 0 Å². The number of nitrogens with one attached hydrogen (secondary N) is 1. The number of ether oxygens (including phenoxy) is 1. The Kier molecular flexibility index (Phi) is 5.03. The highest BCUT2D eigenvalue weighted by atomic mass is 16.5. The average molecular weight is 281 g/mol. The third-order valence-corrected chi connectivity index (χ3v) is 3.47. The number of rotatable bonds is 4. The molecule has 1 saturated heterocycles. The van der Waals surface area contributed by atoms with Gasteiger partial charge in [0.15, 0.2) is 0 Å². The Bertz CT molecular complexity index is 419. The van der Waals surface area contributed by atoms with Crippen LogP contribution in [-0.2, 0) is 4.74 Å². The van der Waals surface area contributed by atoms with Crippen LogP contribution in [-0.4, -0.2) is 62.3 Å². The normalized spacial score (nSPS) is 21.0. The van der Waals surface area contributed by atoms with Crippen LogP contribution in [0.2, 0.25) is 0 Å². The van der Waals surface area contributed by atoms with Crippen molar-refractivity contribution < 1.29 is 13.9 Å². The zero-order valence-electron chi connectivity index (χ0n) is 12.3. The van der Waals surface area contributed by atoms with Gasteiger partial charge in [-0.05, 0) is 33.2 Å². The van der Waals surface area contributed by atoms with Gasteiger partial charge in [0, 0.05) is 19.6 Å². The van der Waals surface area contributed by atoms with Crippen molar-refractivity contribution >= 4 is 6.03 Å². The molecule has 20 heavy (non-hydrogen) atoms. The van der Waals surface area contributed by atoms with Gasteiger partial charge in [0.2, 0.25) is 0 Å². The smallest absolute Gasteiger partial charge is 0.317 e. The molecule has 0 aliphatic carbocycles. The Balaban J connectivity index is 1.87. The number of nitrogens with zero attached hydrogens (tertiary/aromatic N) is 2. The molecule has 2 rings (SSSR count). The SMILES string of the molecule is C[C@@H]1CN(C(=O)NC[C@H](c2ccco2)N(C)C)CCO1. The van der Waals surface area contributed by atoms with Crippen LogP contribution in [0.5, 0.6) is 0 Å². The number of likely N-dealkylation sites (N-methyl/N-ethyl adjacent to an activating group) is 1. The Morgan fingerprint density at radius 2 is 2.40 bits per heavy atom. The fraction of sp³-hybridized carbons (Fsp3) is 0.643. The van der Waals surface area contributed by atoms with Crippen LogP contribution in [0.3, 0.4) is 0 Å². The number of hydrogen-bond donors (Lipinski definition) is 1. The van der Waals surface area contributed by atoms with Crippen molar-refractivity contribution in [1.82, 2.24) is 15.1 Å². The van der Waals surface area contributed by atoms with Crippen LogP contribution in [0.1, 0.15) is 18.7 Å². The Morgan fingerprint density at radius 3 is 3.00 bits per heavy atom. The van der Waals surface area contributed by atoms with Crippen LogP contribution in [0, 0.1) is 0 Å². The summed E-state index contributed by atoms with van der Waals surface area (Å²) >= 11 is 0. The molecule has 112 valence electrons. The molecule has 2 atom stereocenters. The van der Waals surface area contributed by atoms with E-state index in [2.05, 4.69) is 5.32 Å². The lowest BCUT2D eigenvalue weighted by atomic mass is 10.2. The number of furan rings is 1. The quantitative estimate of drug-likeness (QED) is 0.904. The second-order valence-electron chi connectivity index (χ2n) is 5.31. The summed E-state index contributed by atoms with van der Waals surface area (Å²) < 4.78 is 10.9. The van der Waals surface area contributed by atoms with E-state index in [-0.39, 0.29) is 18.2 Å². The summed E-state index contributed by atoms with van der Waals surface area (Å²) in [5.41, 5.74) is 0. The molecule has 0 radical (unpaired) electrons. The number of urea groups is 1. The lowest BCUT2D eigenvalue weighted by Gasteiger charge is -2.32. The topological polar surface area (TPSA) is 58.0 Å². The van der Waals surface area contributed by atoms with Gasteiger partial charge < -0.3 is 19.4 Å². The molecule has 6 heteroatoms. The molecule has 0 bridgehead atoms. The summed E-state index contributed by atoms with van der Waals surface area (Å²) in [5, 5.41) is 2.97. The first-order chi connectivity index (χ1) is 9.58. The summed E-state index contributed by atoms with van der Waals surface area (Å²) in [4.78, 5) is 16.0. The molecule has 6 nitrogen and oxygen atoms in total. The molecular formula is C14H23N3O3. The average Bonchev–Trinajstić information content (AvgIpc) is 2.92. The van der Waals surface area contributed by atoms with Crippen molar-refractivity contribution in [3.63, 3.8) is 0 Å². The van der Waals surface area contributed by atoms with E-state index in [0.29, 0.717) is 26.2 Å². The van der Waals surface area contributed by atoms with Crippen LogP contribution in [0.15, 0.2) is 22.8 Å². The van der Waals surface area contributed by atoms with E-state index in [1.165, 1.54) is 0 Å². The van der Waals surface area contributed by atoms with Gasteiger partial charge in [0.25, 0.3) is 0 Å². The van der Waals surface area contributed by atoms with Crippen molar-refractivity contribution in [2.75, 3.05) is 40.3 Å². The Hall–Kier alpha value is -1.53. The molecule has 2 heterocycles. The summed E-state index contributed by atoms with van der Waals surface area (Å²) in [6, 6.07) is 3.77. The van der Waals surface area contributed by atoms with E-state index >= 15 is 0 Å². The maximum atomic E-state index is 12.2. The third kappa shape index (κ3) is 3.74. The van der Waals surface area contributed by atoms with Gasteiger partial charge in [-0.3, -0.25) is 4.90 Å². The fourth-order valence-electron chi connectivity index (χ4n) is 2.32. The largest absolute Gasteiger partial charge is 0.468 e. The van der Waals surface area contributed by atoms with Gasteiger partial charge in [-0.15, -0.1) is 0 Å². The first-order valence-electron chi connectivity index (χ1n) is 6.92. The zero-order chi connectivity index (χ0) is 14.5. The van der Waals surface area contributed by atoms with Crippen molar-refractivity contribution in [2.45, 2.75) is 19.1 Å². The third-order valence-electron chi connectivity index (χ3n) is 3.47. The van der Waals surface area contributed by atoms with Gasteiger partial charge in [0.1, 0.15) is 5.76 Å². The Morgan fingerprint density at radius 1 is 1.60 bits per heavy atom. The molecule has 0 spiro atoms. The van der Waals surface area contributed by atoms with Crippen molar-refractivity contribution in [3.8, 4) is 0 Å². The van der Waals surface area contributed by atoms with Gasteiger partial charge in [-0.2, -0.15) is 0 Å². The molecular weight excluding hydrogens is 258 g/mol. The van der Waals surface area contributed by atoms with Gasteiger partial charge in [0.05, 0.1) is 25.0 Å². The van der Waals surface area contributed by atoms with Crippen molar-refractivity contribution in [1.29, 1.82) is 0 Å². The minimum absolute atomic E-state index is 0.0346. The summed E-state index contributed by atoms with van der Waals surface area (Å²) in [7, 11) is 3.94. The molecule has 0 saturated carbocycles. The van der Waals surface area contributed by atoms with Crippen LogP contribution in [0.4, 0.5) is 4.79 Å². The van der Waals surface area contributed by atoms with E-state index in [1.54, 1.807) is 11.2 Å². The number of hydrogen-bond acceptors (Lipinski definition) is 4. The number of morpholine rings is 1. The number of carbonyl (C=O) groups excluding carboxylic acids is 1. The van der Waals surface area contributed by atoms with E-state index in [4.69, 9.17) is 9.15 Å². The zero-order valence-corrected chi connectivity index (χ0v) is 12.3. The predicted octanol–water partition coefficient (Wildman–Crippen LogP) is 1.31. The first-order valence-corrected chi connectivity index (χ1v) is 6.92. The van der Waals surface area contributed by atoms with Gasteiger partial charge >= 0.3 is 6.03 Å². The summed E-state index contributed by atoms with van der Waals surface area (Å²) in [5.74, 6) is 0.852. The number of amides is 2. The summed E-state index contributed by atoms with van der Waals surface area (Å²) in [6.07, 6.45) is 1.75. The van der Waals surface area contributed by atoms with Crippen molar-refractivity contribution in [3.05, 3.63) is 24.2 Å². The van der Waals surface area contributed by atoms with Crippen LogP contribution in [0.25, 0.3) is 0 Å². The second kappa shape index (κ2) is 6.76. The molecule has 1 aromatic rings. The minimum Gasteiger partial charge on any atom is -0.468 e. The lowest BCUT2D eigenvalue weighted by Crippen LogP contribution is -2.50. The minimum atomic E-state index is -0.0430. The molecule has 1 aromatic heterocycles. The van der Waals surface area contributed by atoms with E-state index in [1.807, 2.05) is 38.1 Å². The molecule has 1 aliphatic heterocycles. The Labute approximate surface area is 119 Å². The monoisotopic (exact) mass is 281 g/mol. The van der Waals surface area contributed by atoms with Gasteiger partial charge in [-0.1, -0.05) is 0 Å². The lowest BCUT2D eigenvalue weighted by molar-refractivity contribution is -0.00367. The fourth-order valence-corrected chi connectivity index (χ4v) is 2.32. The highest BCUT2D eigenvalue weighted by Crippen LogP contribution is 2.17. The van der Waals surface area contributed by atoms with Crippen LogP contribution >= 0.6 is 0 Å². The maximum absolute atomic E-state index is 12.2. The highest BCUT2D eigenvalue weighted by Gasteiger charge is 2.23. The standard InChI is InChI=1S/C14H23N3O3/c1-11-10-17(6-8-19-11)14(18)15-9-12(16(2)3)13-5-4-7-20-13/h4-5,7,11-12H,6,8-10H2,1-3H3,(H,15,18)/t11-,12-/m1/s1. The summed E-state index contributed by atoms with van der Waals surface area (Å²) in [6.45, 7) is 4.38.